The molecule has 2 heterocycles. The smallest absolute Gasteiger partial charge is 0.157 e. The minimum atomic E-state index is 0.146. The van der Waals surface area contributed by atoms with Crippen LogP contribution in [-0.4, -0.2) is 35.7 Å². The van der Waals surface area contributed by atoms with Gasteiger partial charge < -0.3 is 9.64 Å². The molecule has 4 heteroatoms. The maximum Gasteiger partial charge on any atom is 0.157 e. The number of ether oxygens (including phenoxy) is 1. The second-order valence-corrected chi connectivity index (χ2v) is 7.01. The molecule has 0 saturated carbocycles. The zero-order valence-electron chi connectivity index (χ0n) is 12.4. The highest BCUT2D eigenvalue weighted by Gasteiger charge is 2.30. The average Bonchev–Trinajstić information content (AvgIpc) is 2.55. The van der Waals surface area contributed by atoms with Gasteiger partial charge in [0.15, 0.2) is 11.9 Å². The monoisotopic (exact) mass is 302 g/mol. The van der Waals surface area contributed by atoms with E-state index < -0.39 is 0 Å². The Kier molecular flexibility index (Phi) is 3.80. The molecule has 2 aliphatic heterocycles. The van der Waals surface area contributed by atoms with Gasteiger partial charge in [0.2, 0.25) is 0 Å². The normalized spacial score (nSPS) is 24.9. The fourth-order valence-corrected chi connectivity index (χ4v) is 4.34. The molecule has 3 nitrogen and oxygen atoms in total. The van der Waals surface area contributed by atoms with Gasteiger partial charge in [-0.1, -0.05) is 6.07 Å². The summed E-state index contributed by atoms with van der Waals surface area (Å²) in [6.45, 7) is 2.26. The van der Waals surface area contributed by atoms with E-state index in [0.717, 1.165) is 36.8 Å². The molecule has 1 aromatic rings. The number of amidine groups is 1. The Morgan fingerprint density at radius 2 is 2.00 bits per heavy atom. The maximum atomic E-state index is 6.31. The summed E-state index contributed by atoms with van der Waals surface area (Å²) >= 11 is 1.68. The van der Waals surface area contributed by atoms with E-state index in [4.69, 9.17) is 4.74 Å². The topological polar surface area (TPSA) is 24.8 Å². The van der Waals surface area contributed by atoms with E-state index in [1.54, 1.807) is 11.9 Å². The SMILES string of the molecule is c1cc2c(cc1OC1CCCN3CCSN=C13)CCCC2. The van der Waals surface area contributed by atoms with E-state index in [-0.39, 0.29) is 6.10 Å². The lowest BCUT2D eigenvalue weighted by atomic mass is 9.92. The predicted molar refractivity (Wildman–Crippen MR) is 88.2 cm³/mol. The molecule has 1 atom stereocenters. The predicted octanol–water partition coefficient (Wildman–Crippen LogP) is 3.47. The largest absolute Gasteiger partial charge is 0.482 e. The van der Waals surface area contributed by atoms with Gasteiger partial charge in [-0.15, -0.1) is 0 Å². The molecule has 0 radical (unpaired) electrons. The number of piperidine rings is 1. The molecule has 0 spiro atoms. The number of rotatable bonds is 2. The van der Waals surface area contributed by atoms with Gasteiger partial charge in [0.1, 0.15) is 5.75 Å². The van der Waals surface area contributed by atoms with Gasteiger partial charge in [-0.05, 0) is 73.7 Å². The van der Waals surface area contributed by atoms with Crippen molar-refractivity contribution in [3.8, 4) is 5.75 Å². The third-order valence-corrected chi connectivity index (χ3v) is 5.40. The van der Waals surface area contributed by atoms with Crippen LogP contribution in [0, 0.1) is 0 Å². The molecule has 1 unspecified atom stereocenters. The summed E-state index contributed by atoms with van der Waals surface area (Å²) in [5.41, 5.74) is 3.01. The van der Waals surface area contributed by atoms with Crippen molar-refractivity contribution in [1.82, 2.24) is 4.90 Å². The van der Waals surface area contributed by atoms with Crippen LogP contribution in [0.2, 0.25) is 0 Å². The van der Waals surface area contributed by atoms with Gasteiger partial charge in [0, 0.05) is 18.8 Å². The fourth-order valence-electron chi connectivity index (χ4n) is 3.58. The van der Waals surface area contributed by atoms with Gasteiger partial charge >= 0.3 is 0 Å². The summed E-state index contributed by atoms with van der Waals surface area (Å²) in [5, 5.41) is 0. The number of fused-ring (bicyclic) bond motifs is 2. The average molecular weight is 302 g/mol. The van der Waals surface area contributed by atoms with Crippen molar-refractivity contribution in [3.63, 3.8) is 0 Å². The Hall–Kier alpha value is -1.16. The Morgan fingerprint density at radius 1 is 1.10 bits per heavy atom. The molecule has 112 valence electrons. The third kappa shape index (κ3) is 2.78. The van der Waals surface area contributed by atoms with Crippen LogP contribution in [0.3, 0.4) is 0 Å². The van der Waals surface area contributed by atoms with E-state index in [0.29, 0.717) is 0 Å². The van der Waals surface area contributed by atoms with Crippen LogP contribution >= 0.6 is 11.9 Å². The Morgan fingerprint density at radius 3 is 2.95 bits per heavy atom. The first-order valence-electron chi connectivity index (χ1n) is 8.13. The lowest BCUT2D eigenvalue weighted by Crippen LogP contribution is -2.48. The molecule has 1 aliphatic carbocycles. The lowest BCUT2D eigenvalue weighted by Gasteiger charge is -2.37. The molecule has 0 aromatic heterocycles. The van der Waals surface area contributed by atoms with Gasteiger partial charge in [-0.2, -0.15) is 4.40 Å². The van der Waals surface area contributed by atoms with Crippen LogP contribution in [0.25, 0.3) is 0 Å². The van der Waals surface area contributed by atoms with Crippen molar-refractivity contribution in [2.45, 2.75) is 44.6 Å². The standard InChI is InChI=1S/C17H22N2OS/c1-2-5-14-12-15(8-7-13(14)4-1)20-16-6-3-9-19-10-11-21-18-17(16)19/h7-8,12,16H,1-6,9-11H2. The van der Waals surface area contributed by atoms with Crippen LogP contribution in [0.1, 0.15) is 36.8 Å². The fraction of sp³-hybridized carbons (Fsp3) is 0.588. The van der Waals surface area contributed by atoms with Crippen molar-refractivity contribution in [1.29, 1.82) is 0 Å². The molecule has 0 amide bonds. The summed E-state index contributed by atoms with van der Waals surface area (Å²) in [4.78, 5) is 2.41. The van der Waals surface area contributed by atoms with E-state index >= 15 is 0 Å². The van der Waals surface area contributed by atoms with Crippen LogP contribution in [-0.2, 0) is 12.8 Å². The molecule has 1 fully saturated rings. The summed E-state index contributed by atoms with van der Waals surface area (Å²) in [6, 6.07) is 6.69. The van der Waals surface area contributed by atoms with E-state index in [1.807, 2.05) is 0 Å². The maximum absolute atomic E-state index is 6.31. The second-order valence-electron chi connectivity index (χ2n) is 6.16. The van der Waals surface area contributed by atoms with Crippen LogP contribution < -0.4 is 4.74 Å². The Bertz CT molecular complexity index is 558. The highest BCUT2D eigenvalue weighted by atomic mass is 32.2. The number of benzene rings is 1. The van der Waals surface area contributed by atoms with Crippen LogP contribution in [0.4, 0.5) is 0 Å². The van der Waals surface area contributed by atoms with Crippen molar-refractivity contribution < 1.29 is 4.74 Å². The molecular formula is C17H22N2OS. The van der Waals surface area contributed by atoms with Crippen molar-refractivity contribution in [2.24, 2.45) is 4.40 Å². The number of hydrogen-bond acceptors (Lipinski definition) is 4. The molecule has 21 heavy (non-hydrogen) atoms. The van der Waals surface area contributed by atoms with Crippen molar-refractivity contribution in [3.05, 3.63) is 29.3 Å². The number of nitrogens with zero attached hydrogens (tertiary/aromatic N) is 2. The molecule has 1 saturated heterocycles. The molecular weight excluding hydrogens is 280 g/mol. The minimum absolute atomic E-state index is 0.146. The lowest BCUT2D eigenvalue weighted by molar-refractivity contribution is 0.202. The van der Waals surface area contributed by atoms with E-state index in [9.17, 15) is 0 Å². The Labute approximate surface area is 130 Å². The van der Waals surface area contributed by atoms with Crippen LogP contribution in [0.15, 0.2) is 22.6 Å². The van der Waals surface area contributed by atoms with Crippen molar-refractivity contribution in [2.75, 3.05) is 18.8 Å². The zero-order valence-corrected chi connectivity index (χ0v) is 13.2. The van der Waals surface area contributed by atoms with Gasteiger partial charge in [0.05, 0.1) is 0 Å². The van der Waals surface area contributed by atoms with Gasteiger partial charge in [0.25, 0.3) is 0 Å². The Balaban J connectivity index is 1.53. The van der Waals surface area contributed by atoms with Gasteiger partial charge in [-0.25, -0.2) is 0 Å². The third-order valence-electron chi connectivity index (χ3n) is 4.72. The van der Waals surface area contributed by atoms with Crippen LogP contribution in [0.5, 0.6) is 5.75 Å². The first-order chi connectivity index (χ1) is 10.4. The van der Waals surface area contributed by atoms with E-state index in [1.165, 1.54) is 43.2 Å². The highest BCUT2D eigenvalue weighted by Crippen LogP contribution is 2.28. The number of aryl methyl sites for hydroxylation is 2. The zero-order chi connectivity index (χ0) is 14.1. The number of hydrogen-bond donors (Lipinski definition) is 0. The summed E-state index contributed by atoms with van der Waals surface area (Å²) < 4.78 is 11.0. The molecule has 4 rings (SSSR count). The molecule has 3 aliphatic rings. The first kappa shape index (κ1) is 13.5. The summed E-state index contributed by atoms with van der Waals surface area (Å²) in [7, 11) is 0. The minimum Gasteiger partial charge on any atom is -0.482 e. The van der Waals surface area contributed by atoms with E-state index in [2.05, 4.69) is 27.5 Å². The summed E-state index contributed by atoms with van der Waals surface area (Å²) in [6.07, 6.45) is 7.53. The molecule has 0 N–H and O–H groups in total. The van der Waals surface area contributed by atoms with Crippen molar-refractivity contribution >= 4 is 17.8 Å². The summed E-state index contributed by atoms with van der Waals surface area (Å²) in [5.74, 6) is 3.30. The second kappa shape index (κ2) is 5.91. The molecule has 1 aromatic carbocycles. The van der Waals surface area contributed by atoms with Gasteiger partial charge in [-0.3, -0.25) is 0 Å². The quantitative estimate of drug-likeness (QED) is 0.782. The molecule has 0 bridgehead atoms. The highest BCUT2D eigenvalue weighted by molar-refractivity contribution is 7.98. The first-order valence-corrected chi connectivity index (χ1v) is 9.08.